The number of fused-ring (bicyclic) bond motifs is 1. The van der Waals surface area contributed by atoms with Crippen molar-refractivity contribution >= 4 is 17.7 Å². The predicted molar refractivity (Wildman–Crippen MR) is 116 cm³/mol. The quantitative estimate of drug-likeness (QED) is 0.707. The molecule has 2 fully saturated rings. The normalized spacial score (nSPS) is 25.1. The molecule has 2 aliphatic heterocycles. The number of amides is 3. The van der Waals surface area contributed by atoms with Crippen LogP contribution in [0.25, 0.3) is 0 Å². The number of imide groups is 1. The van der Waals surface area contributed by atoms with E-state index in [9.17, 15) is 14.4 Å². The molecule has 5 rings (SSSR count). The van der Waals surface area contributed by atoms with E-state index < -0.39 is 11.9 Å². The second-order valence-electron chi connectivity index (χ2n) is 8.64. The van der Waals surface area contributed by atoms with Gasteiger partial charge < -0.3 is 14.4 Å². The third kappa shape index (κ3) is 4.12. The molecular formula is C25H26N2O5. The Kier molecular flexibility index (Phi) is 5.66. The zero-order valence-corrected chi connectivity index (χ0v) is 17.8. The van der Waals surface area contributed by atoms with Gasteiger partial charge in [-0.05, 0) is 55.0 Å². The number of rotatable bonds is 6. The molecule has 3 aliphatic rings. The Labute approximate surface area is 186 Å². The minimum Gasteiger partial charge on any atom is -0.488 e. The predicted octanol–water partition coefficient (Wildman–Crippen LogP) is 2.96. The maximum atomic E-state index is 12.9. The van der Waals surface area contributed by atoms with Gasteiger partial charge in [-0.15, -0.1) is 0 Å². The van der Waals surface area contributed by atoms with E-state index >= 15 is 0 Å². The van der Waals surface area contributed by atoms with Crippen LogP contribution < -0.4 is 10.1 Å². The Morgan fingerprint density at radius 1 is 0.969 bits per heavy atom. The Balaban J connectivity index is 1.24. The van der Waals surface area contributed by atoms with E-state index in [4.69, 9.17) is 9.47 Å². The lowest BCUT2D eigenvalue weighted by Gasteiger charge is -2.29. The lowest BCUT2D eigenvalue weighted by molar-refractivity contribution is -0.136. The van der Waals surface area contributed by atoms with Crippen molar-refractivity contribution < 1.29 is 23.9 Å². The largest absolute Gasteiger partial charge is 0.488 e. The fourth-order valence-electron chi connectivity index (χ4n) is 4.79. The number of ether oxygens (including phenoxy) is 2. The highest BCUT2D eigenvalue weighted by atomic mass is 16.5. The molecule has 32 heavy (non-hydrogen) atoms. The van der Waals surface area contributed by atoms with Gasteiger partial charge >= 0.3 is 0 Å². The minimum atomic E-state index is -0.609. The zero-order valence-electron chi connectivity index (χ0n) is 17.8. The Morgan fingerprint density at radius 3 is 2.59 bits per heavy atom. The summed E-state index contributed by atoms with van der Waals surface area (Å²) in [5, 5.41) is 2.33. The lowest BCUT2D eigenvalue weighted by Crippen LogP contribution is -2.52. The van der Waals surface area contributed by atoms with Crippen LogP contribution in [0.1, 0.15) is 53.6 Å². The van der Waals surface area contributed by atoms with Crippen LogP contribution in [0.2, 0.25) is 0 Å². The molecule has 2 heterocycles. The summed E-state index contributed by atoms with van der Waals surface area (Å²) in [6, 6.07) is 15.0. The Hall–Kier alpha value is -3.19. The topological polar surface area (TPSA) is 84.9 Å². The summed E-state index contributed by atoms with van der Waals surface area (Å²) in [6.07, 6.45) is 3.55. The van der Waals surface area contributed by atoms with Crippen molar-refractivity contribution in [3.63, 3.8) is 0 Å². The fourth-order valence-corrected chi connectivity index (χ4v) is 4.79. The molecule has 0 spiro atoms. The molecular weight excluding hydrogens is 408 g/mol. The van der Waals surface area contributed by atoms with E-state index in [1.165, 1.54) is 0 Å². The molecule has 3 atom stereocenters. The number of nitrogens with one attached hydrogen (secondary N) is 1. The van der Waals surface area contributed by atoms with Crippen LogP contribution in [0.5, 0.6) is 5.75 Å². The van der Waals surface area contributed by atoms with Gasteiger partial charge in [-0.1, -0.05) is 30.3 Å². The third-order valence-corrected chi connectivity index (χ3v) is 6.48. The monoisotopic (exact) mass is 434 g/mol. The van der Waals surface area contributed by atoms with Gasteiger partial charge in [0.25, 0.3) is 5.91 Å². The number of carbonyl (C=O) groups is 3. The van der Waals surface area contributed by atoms with Crippen molar-refractivity contribution in [2.75, 3.05) is 0 Å². The van der Waals surface area contributed by atoms with E-state index in [-0.39, 0.29) is 30.4 Å². The van der Waals surface area contributed by atoms with Crippen molar-refractivity contribution in [2.24, 2.45) is 0 Å². The molecule has 7 heteroatoms. The summed E-state index contributed by atoms with van der Waals surface area (Å²) in [4.78, 5) is 38.1. The fraction of sp³-hybridized carbons (Fsp3) is 0.400. The number of benzene rings is 2. The first-order chi connectivity index (χ1) is 15.6. The summed E-state index contributed by atoms with van der Waals surface area (Å²) in [5.41, 5.74) is 2.57. The first-order valence-electron chi connectivity index (χ1n) is 11.2. The van der Waals surface area contributed by atoms with Crippen molar-refractivity contribution in [1.82, 2.24) is 10.2 Å². The minimum absolute atomic E-state index is 0.0277. The smallest absolute Gasteiger partial charge is 0.255 e. The van der Waals surface area contributed by atoms with Crippen LogP contribution in [-0.4, -0.2) is 40.9 Å². The summed E-state index contributed by atoms with van der Waals surface area (Å²) in [5.74, 6) is -0.150. The maximum absolute atomic E-state index is 12.9. The second kappa shape index (κ2) is 8.74. The molecule has 7 nitrogen and oxygen atoms in total. The van der Waals surface area contributed by atoms with Gasteiger partial charge in [-0.25, -0.2) is 0 Å². The molecule has 1 N–H and O–H groups in total. The summed E-state index contributed by atoms with van der Waals surface area (Å²) >= 11 is 0. The first-order valence-corrected chi connectivity index (χ1v) is 11.2. The van der Waals surface area contributed by atoms with Crippen LogP contribution in [-0.2, 0) is 27.5 Å². The zero-order chi connectivity index (χ0) is 22.1. The Morgan fingerprint density at radius 2 is 1.78 bits per heavy atom. The lowest BCUT2D eigenvalue weighted by atomic mass is 10.0. The van der Waals surface area contributed by atoms with Gasteiger partial charge in [-0.3, -0.25) is 19.7 Å². The number of nitrogens with zero attached hydrogens (tertiary/aromatic N) is 1. The van der Waals surface area contributed by atoms with Crippen LogP contribution in [0.15, 0.2) is 48.5 Å². The molecule has 2 aromatic carbocycles. The van der Waals surface area contributed by atoms with Gasteiger partial charge in [0.1, 0.15) is 17.9 Å². The van der Waals surface area contributed by atoms with Crippen molar-refractivity contribution in [2.45, 2.75) is 63.5 Å². The molecule has 1 saturated heterocycles. The van der Waals surface area contributed by atoms with Gasteiger partial charge in [0.05, 0.1) is 12.7 Å². The van der Waals surface area contributed by atoms with Crippen LogP contribution in [0.3, 0.4) is 0 Å². The average Bonchev–Trinajstić information content (AvgIpc) is 3.37. The molecule has 1 unspecified atom stereocenters. The third-order valence-electron chi connectivity index (χ3n) is 6.48. The second-order valence-corrected chi connectivity index (χ2v) is 8.64. The van der Waals surface area contributed by atoms with Gasteiger partial charge in [-0.2, -0.15) is 0 Å². The van der Waals surface area contributed by atoms with E-state index in [0.717, 1.165) is 30.4 Å². The van der Waals surface area contributed by atoms with Crippen LogP contribution >= 0.6 is 0 Å². The first kappa shape index (κ1) is 20.7. The summed E-state index contributed by atoms with van der Waals surface area (Å²) < 4.78 is 12.4. The molecule has 1 aliphatic carbocycles. The van der Waals surface area contributed by atoms with Crippen molar-refractivity contribution in [3.8, 4) is 5.75 Å². The highest BCUT2D eigenvalue weighted by Gasteiger charge is 2.39. The van der Waals surface area contributed by atoms with E-state index in [2.05, 4.69) is 17.4 Å². The van der Waals surface area contributed by atoms with Gasteiger partial charge in [0.15, 0.2) is 0 Å². The number of hydrogen-bond donors (Lipinski definition) is 1. The number of carbonyl (C=O) groups excluding carboxylic acids is 3. The SMILES string of the molecule is O=C1CCC(N2Cc3cc(O[C@@H]4CCC[C@@H]4OCc4ccccc4)ccc3C2=O)C(=O)N1. The standard InChI is InChI=1S/C25H26N2O5/c28-23-12-11-20(24(29)26-23)27-14-17-13-18(9-10-19(17)25(27)30)32-22-8-4-7-21(22)31-15-16-5-2-1-3-6-16/h1-3,5-6,9-10,13,20-22H,4,7-8,11-12,14-15H2,(H,26,28,29)/t20?,21-,22+/m0/s1. The highest BCUT2D eigenvalue weighted by Crippen LogP contribution is 2.33. The van der Waals surface area contributed by atoms with Crippen molar-refractivity contribution in [3.05, 3.63) is 65.2 Å². The van der Waals surface area contributed by atoms with Crippen LogP contribution in [0, 0.1) is 0 Å². The van der Waals surface area contributed by atoms with Gasteiger partial charge in [0, 0.05) is 18.5 Å². The molecule has 0 bridgehead atoms. The number of piperidine rings is 1. The summed E-state index contributed by atoms with van der Waals surface area (Å²) in [6.45, 7) is 0.904. The highest BCUT2D eigenvalue weighted by molar-refractivity contribution is 6.05. The van der Waals surface area contributed by atoms with E-state index in [0.29, 0.717) is 30.9 Å². The molecule has 166 valence electrons. The Bertz CT molecular complexity index is 1040. The summed E-state index contributed by atoms with van der Waals surface area (Å²) in [7, 11) is 0. The molecule has 3 amide bonds. The maximum Gasteiger partial charge on any atom is 0.255 e. The van der Waals surface area contributed by atoms with E-state index in [1.807, 2.05) is 30.3 Å². The van der Waals surface area contributed by atoms with Crippen LogP contribution in [0.4, 0.5) is 0 Å². The molecule has 0 aromatic heterocycles. The van der Waals surface area contributed by atoms with Crippen molar-refractivity contribution in [1.29, 1.82) is 0 Å². The molecule has 0 radical (unpaired) electrons. The average molecular weight is 434 g/mol. The number of hydrogen-bond acceptors (Lipinski definition) is 5. The molecule has 2 aromatic rings. The van der Waals surface area contributed by atoms with E-state index in [1.54, 1.807) is 11.0 Å². The van der Waals surface area contributed by atoms with Gasteiger partial charge in [0.2, 0.25) is 11.8 Å². The molecule has 1 saturated carbocycles.